The first-order chi connectivity index (χ1) is 8.61. The number of rotatable bonds is 4. The second kappa shape index (κ2) is 9.22. The number of carbonyl (C=O) groups excluding carboxylic acids is 2. The molecule has 0 unspecified atom stereocenters. The molecule has 1 aromatic carbocycles. The molecule has 18 heavy (non-hydrogen) atoms. The average molecular weight is 250 g/mol. The summed E-state index contributed by atoms with van der Waals surface area (Å²) in [5.74, 6) is -0.0756. The molecule has 0 aliphatic rings. The lowest BCUT2D eigenvalue weighted by molar-refractivity contribution is -0.120. The molecule has 0 heterocycles. The van der Waals surface area contributed by atoms with Gasteiger partial charge >= 0.3 is 0 Å². The molecule has 0 aromatic heterocycles. The molecule has 1 rings (SSSR count). The quantitative estimate of drug-likeness (QED) is 0.853. The van der Waals surface area contributed by atoms with Crippen LogP contribution in [-0.2, 0) is 22.6 Å². The molecular formula is C14H22N2O2. The van der Waals surface area contributed by atoms with Crippen LogP contribution in [0.15, 0.2) is 24.3 Å². The molecule has 0 aliphatic carbocycles. The van der Waals surface area contributed by atoms with E-state index in [4.69, 9.17) is 0 Å². The third kappa shape index (κ3) is 6.68. The third-order valence-corrected chi connectivity index (χ3v) is 2.18. The van der Waals surface area contributed by atoms with Gasteiger partial charge in [0.2, 0.25) is 11.8 Å². The summed E-state index contributed by atoms with van der Waals surface area (Å²) >= 11 is 0. The van der Waals surface area contributed by atoms with Gasteiger partial charge in [0.25, 0.3) is 0 Å². The normalized spacial score (nSPS) is 8.89. The minimum atomic E-state index is -0.0586. The fourth-order valence-electron chi connectivity index (χ4n) is 1.35. The van der Waals surface area contributed by atoms with Crippen molar-refractivity contribution in [1.29, 1.82) is 0 Å². The number of hydrogen-bond donors (Lipinski definition) is 2. The number of benzene rings is 1. The van der Waals surface area contributed by atoms with Crippen molar-refractivity contribution >= 4 is 11.8 Å². The van der Waals surface area contributed by atoms with Crippen LogP contribution in [0.2, 0.25) is 0 Å². The third-order valence-electron chi connectivity index (χ3n) is 2.18. The molecule has 0 spiro atoms. The van der Waals surface area contributed by atoms with Crippen LogP contribution in [0.4, 0.5) is 0 Å². The predicted molar refractivity (Wildman–Crippen MR) is 73.1 cm³/mol. The molecule has 2 amide bonds. The molecule has 0 saturated carbocycles. The summed E-state index contributed by atoms with van der Waals surface area (Å²) < 4.78 is 0. The summed E-state index contributed by atoms with van der Waals surface area (Å²) in [6.07, 6.45) is 0.365. The van der Waals surface area contributed by atoms with Gasteiger partial charge in [-0.25, -0.2) is 0 Å². The van der Waals surface area contributed by atoms with Crippen molar-refractivity contribution < 1.29 is 9.59 Å². The zero-order chi connectivity index (χ0) is 14.0. The first-order valence-corrected chi connectivity index (χ1v) is 6.14. The molecule has 4 heteroatoms. The van der Waals surface area contributed by atoms with E-state index >= 15 is 0 Å². The van der Waals surface area contributed by atoms with Gasteiger partial charge in [-0.15, -0.1) is 0 Å². The van der Waals surface area contributed by atoms with Crippen LogP contribution >= 0.6 is 0 Å². The van der Waals surface area contributed by atoms with Crippen molar-refractivity contribution in [2.75, 3.05) is 7.05 Å². The Balaban J connectivity index is 0.00000137. The molecular weight excluding hydrogens is 228 g/mol. The van der Waals surface area contributed by atoms with E-state index in [1.165, 1.54) is 6.92 Å². The first-order valence-electron chi connectivity index (χ1n) is 6.14. The van der Waals surface area contributed by atoms with Crippen LogP contribution < -0.4 is 10.6 Å². The van der Waals surface area contributed by atoms with E-state index in [1.54, 1.807) is 7.05 Å². The Kier molecular flexibility index (Phi) is 8.27. The highest BCUT2D eigenvalue weighted by molar-refractivity contribution is 5.78. The van der Waals surface area contributed by atoms with E-state index in [1.807, 2.05) is 38.1 Å². The van der Waals surface area contributed by atoms with Crippen LogP contribution in [0.3, 0.4) is 0 Å². The molecule has 0 fully saturated rings. The lowest BCUT2D eigenvalue weighted by atomic mass is 10.1. The largest absolute Gasteiger partial charge is 0.359 e. The summed E-state index contributed by atoms with van der Waals surface area (Å²) in [6, 6.07) is 7.62. The maximum Gasteiger partial charge on any atom is 0.224 e. The number of hydrogen-bond acceptors (Lipinski definition) is 2. The van der Waals surface area contributed by atoms with Gasteiger partial charge < -0.3 is 10.6 Å². The summed E-state index contributed by atoms with van der Waals surface area (Å²) in [7, 11) is 1.61. The van der Waals surface area contributed by atoms with Crippen LogP contribution in [0.1, 0.15) is 31.9 Å². The van der Waals surface area contributed by atoms with Crippen molar-refractivity contribution in [2.24, 2.45) is 0 Å². The van der Waals surface area contributed by atoms with E-state index in [-0.39, 0.29) is 11.8 Å². The van der Waals surface area contributed by atoms with E-state index in [0.29, 0.717) is 13.0 Å². The molecule has 0 aliphatic heterocycles. The number of nitrogens with one attached hydrogen (secondary N) is 2. The van der Waals surface area contributed by atoms with E-state index in [9.17, 15) is 9.59 Å². The molecule has 4 nitrogen and oxygen atoms in total. The van der Waals surface area contributed by atoms with Gasteiger partial charge in [-0.3, -0.25) is 9.59 Å². The summed E-state index contributed by atoms with van der Waals surface area (Å²) in [4.78, 5) is 21.9. The molecule has 100 valence electrons. The molecule has 2 N–H and O–H groups in total. The summed E-state index contributed by atoms with van der Waals surface area (Å²) in [5, 5.41) is 5.29. The zero-order valence-corrected chi connectivity index (χ0v) is 11.5. The van der Waals surface area contributed by atoms with E-state index < -0.39 is 0 Å². The topological polar surface area (TPSA) is 58.2 Å². The van der Waals surface area contributed by atoms with Crippen LogP contribution in [0, 0.1) is 0 Å². The minimum Gasteiger partial charge on any atom is -0.359 e. The maximum absolute atomic E-state index is 11.2. The highest BCUT2D eigenvalue weighted by Crippen LogP contribution is 2.05. The molecule has 0 bridgehead atoms. The van der Waals surface area contributed by atoms with Crippen molar-refractivity contribution in [3.63, 3.8) is 0 Å². The summed E-state index contributed by atoms with van der Waals surface area (Å²) in [5.41, 5.74) is 1.94. The lowest BCUT2D eigenvalue weighted by Crippen LogP contribution is -2.21. The standard InChI is InChI=1S/C12H16N2O2.C2H6/c1-9(15)14-8-11-5-3-4-10(6-11)7-12(16)13-2;1-2/h3-6H,7-8H2,1-2H3,(H,13,16)(H,14,15);1-2H3. The van der Waals surface area contributed by atoms with Crippen molar-refractivity contribution in [2.45, 2.75) is 33.7 Å². The molecule has 0 saturated heterocycles. The average Bonchev–Trinajstić information content (AvgIpc) is 2.39. The second-order valence-electron chi connectivity index (χ2n) is 3.58. The van der Waals surface area contributed by atoms with Gasteiger partial charge in [0.1, 0.15) is 0 Å². The van der Waals surface area contributed by atoms with E-state index in [0.717, 1.165) is 11.1 Å². The fourth-order valence-corrected chi connectivity index (χ4v) is 1.35. The lowest BCUT2D eigenvalue weighted by Gasteiger charge is -2.05. The summed E-state index contributed by atoms with van der Waals surface area (Å²) in [6.45, 7) is 5.98. The Bertz CT molecular complexity index is 389. The maximum atomic E-state index is 11.2. The Morgan fingerprint density at radius 3 is 2.33 bits per heavy atom. The van der Waals surface area contributed by atoms with Crippen molar-refractivity contribution in [3.8, 4) is 0 Å². The molecule has 0 atom stereocenters. The van der Waals surface area contributed by atoms with Crippen molar-refractivity contribution in [1.82, 2.24) is 10.6 Å². The first kappa shape index (κ1) is 16.2. The smallest absolute Gasteiger partial charge is 0.224 e. The minimum absolute atomic E-state index is 0.0170. The molecule has 0 radical (unpaired) electrons. The second-order valence-corrected chi connectivity index (χ2v) is 3.58. The Morgan fingerprint density at radius 2 is 1.78 bits per heavy atom. The monoisotopic (exact) mass is 250 g/mol. The van der Waals surface area contributed by atoms with Crippen LogP contribution in [0.25, 0.3) is 0 Å². The Morgan fingerprint density at radius 1 is 1.17 bits per heavy atom. The van der Waals surface area contributed by atoms with Gasteiger partial charge in [0, 0.05) is 20.5 Å². The van der Waals surface area contributed by atoms with Gasteiger partial charge in [-0.1, -0.05) is 38.1 Å². The van der Waals surface area contributed by atoms with Crippen LogP contribution in [-0.4, -0.2) is 18.9 Å². The van der Waals surface area contributed by atoms with Gasteiger partial charge in [0.15, 0.2) is 0 Å². The number of amides is 2. The number of carbonyl (C=O) groups is 2. The van der Waals surface area contributed by atoms with Crippen LogP contribution in [0.5, 0.6) is 0 Å². The highest BCUT2D eigenvalue weighted by atomic mass is 16.2. The van der Waals surface area contributed by atoms with Crippen molar-refractivity contribution in [3.05, 3.63) is 35.4 Å². The van der Waals surface area contributed by atoms with Gasteiger partial charge in [-0.05, 0) is 11.1 Å². The Labute approximate surface area is 109 Å². The fraction of sp³-hybridized carbons (Fsp3) is 0.429. The van der Waals surface area contributed by atoms with Gasteiger partial charge in [-0.2, -0.15) is 0 Å². The van der Waals surface area contributed by atoms with Gasteiger partial charge in [0.05, 0.1) is 6.42 Å². The van der Waals surface area contributed by atoms with E-state index in [2.05, 4.69) is 10.6 Å². The predicted octanol–water partition coefficient (Wildman–Crippen LogP) is 1.64. The molecule has 1 aromatic rings. The number of likely N-dealkylation sites (N-methyl/N-ethyl adjacent to an activating group) is 1. The highest BCUT2D eigenvalue weighted by Gasteiger charge is 2.02. The Hall–Kier alpha value is -1.84. The zero-order valence-electron chi connectivity index (χ0n) is 11.5. The SMILES string of the molecule is CC.CNC(=O)Cc1cccc(CNC(C)=O)c1.